The molecule has 3 nitrogen and oxygen atoms in total. The van der Waals surface area contributed by atoms with E-state index >= 15 is 0 Å². The summed E-state index contributed by atoms with van der Waals surface area (Å²) < 4.78 is 4.99. The zero-order valence-corrected chi connectivity index (χ0v) is 7.40. The molecule has 1 aliphatic carbocycles. The Hall–Kier alpha value is -1.90. The molecule has 1 heterocycles. The summed E-state index contributed by atoms with van der Waals surface area (Å²) in [4.78, 5) is 21.3. The summed E-state index contributed by atoms with van der Waals surface area (Å²) in [5.74, 6) is 0. The molecule has 0 atom stereocenters. The van der Waals surface area contributed by atoms with Crippen molar-refractivity contribution >= 4 is 24.7 Å². The number of hydrogen-bond acceptors (Lipinski definition) is 3. The van der Waals surface area contributed by atoms with Crippen LogP contribution in [0.3, 0.4) is 0 Å². The minimum Gasteiger partial charge on any atom is -0.471 e. The van der Waals surface area contributed by atoms with E-state index in [9.17, 15) is 9.59 Å². The molecule has 2 rings (SSSR count). The van der Waals surface area contributed by atoms with Crippen molar-refractivity contribution in [2.75, 3.05) is 0 Å². The first kappa shape index (κ1) is 8.69. The molecule has 0 radical (unpaired) electrons. The van der Waals surface area contributed by atoms with Crippen LogP contribution in [0, 0.1) is 0 Å². The lowest BCUT2D eigenvalue weighted by molar-refractivity contribution is -0.105. The average Bonchev–Trinajstić information content (AvgIpc) is 2.56. The summed E-state index contributed by atoms with van der Waals surface area (Å²) in [6, 6.07) is 0. The van der Waals surface area contributed by atoms with E-state index in [0.717, 1.165) is 23.7 Å². The third-order valence-electron chi connectivity index (χ3n) is 2.12. The molecule has 14 heavy (non-hydrogen) atoms. The summed E-state index contributed by atoms with van der Waals surface area (Å²) >= 11 is 0. The Morgan fingerprint density at radius 1 is 1.00 bits per heavy atom. The number of hydrogen-bond donors (Lipinski definition) is 0. The summed E-state index contributed by atoms with van der Waals surface area (Å²) in [5, 5.41) is 0. The normalized spacial score (nSPS) is 14.9. The first-order valence-corrected chi connectivity index (χ1v) is 4.21. The van der Waals surface area contributed by atoms with Gasteiger partial charge in [-0.05, 0) is 23.3 Å². The van der Waals surface area contributed by atoms with Crippen molar-refractivity contribution in [3.05, 3.63) is 34.8 Å². The SMILES string of the molecule is O=CC1=Cc2cocc2C=C(C=O)C1. The van der Waals surface area contributed by atoms with E-state index in [4.69, 9.17) is 4.42 Å². The van der Waals surface area contributed by atoms with Gasteiger partial charge in [-0.1, -0.05) is 0 Å². The molecule has 70 valence electrons. The van der Waals surface area contributed by atoms with Crippen molar-refractivity contribution in [1.29, 1.82) is 0 Å². The van der Waals surface area contributed by atoms with Crippen LogP contribution in [0.2, 0.25) is 0 Å². The van der Waals surface area contributed by atoms with Crippen LogP contribution in [-0.4, -0.2) is 12.6 Å². The van der Waals surface area contributed by atoms with Crippen molar-refractivity contribution in [2.24, 2.45) is 0 Å². The fourth-order valence-corrected chi connectivity index (χ4v) is 1.44. The van der Waals surface area contributed by atoms with Gasteiger partial charge in [-0.2, -0.15) is 0 Å². The van der Waals surface area contributed by atoms with Crippen LogP contribution in [0.15, 0.2) is 28.1 Å². The quantitative estimate of drug-likeness (QED) is 0.665. The highest BCUT2D eigenvalue weighted by atomic mass is 16.3. The lowest BCUT2D eigenvalue weighted by atomic mass is 10.1. The van der Waals surface area contributed by atoms with Crippen molar-refractivity contribution in [2.45, 2.75) is 6.42 Å². The minimum atomic E-state index is 0.391. The highest BCUT2D eigenvalue weighted by Crippen LogP contribution is 2.24. The second kappa shape index (κ2) is 3.46. The molecule has 0 bridgehead atoms. The number of allylic oxidation sites excluding steroid dienone is 2. The molecular weight excluding hydrogens is 180 g/mol. The molecule has 3 heteroatoms. The van der Waals surface area contributed by atoms with Gasteiger partial charge in [0.25, 0.3) is 0 Å². The predicted octanol–water partition coefficient (Wildman–Crippen LogP) is 1.85. The van der Waals surface area contributed by atoms with Crippen molar-refractivity contribution in [3.8, 4) is 0 Å². The van der Waals surface area contributed by atoms with E-state index in [1.54, 1.807) is 24.7 Å². The smallest absolute Gasteiger partial charge is 0.146 e. The predicted molar refractivity (Wildman–Crippen MR) is 51.4 cm³/mol. The average molecular weight is 188 g/mol. The molecule has 0 N–H and O–H groups in total. The first-order valence-electron chi connectivity index (χ1n) is 4.21. The van der Waals surface area contributed by atoms with Crippen LogP contribution in [-0.2, 0) is 9.59 Å². The summed E-state index contributed by atoms with van der Waals surface area (Å²) in [6.45, 7) is 0. The van der Waals surface area contributed by atoms with Gasteiger partial charge in [0.15, 0.2) is 0 Å². The van der Waals surface area contributed by atoms with Crippen molar-refractivity contribution < 1.29 is 14.0 Å². The molecule has 0 saturated carbocycles. The van der Waals surface area contributed by atoms with E-state index in [-0.39, 0.29) is 0 Å². The van der Waals surface area contributed by atoms with Crippen LogP contribution >= 0.6 is 0 Å². The maximum absolute atomic E-state index is 10.7. The highest BCUT2D eigenvalue weighted by Gasteiger charge is 2.10. The lowest BCUT2D eigenvalue weighted by Gasteiger charge is -1.94. The van der Waals surface area contributed by atoms with Crippen LogP contribution in [0.5, 0.6) is 0 Å². The summed E-state index contributed by atoms with van der Waals surface area (Å²) in [6.07, 6.45) is 8.50. The topological polar surface area (TPSA) is 47.3 Å². The van der Waals surface area contributed by atoms with E-state index < -0.39 is 0 Å². The van der Waals surface area contributed by atoms with Gasteiger partial charge < -0.3 is 4.42 Å². The van der Waals surface area contributed by atoms with Crippen molar-refractivity contribution in [1.82, 2.24) is 0 Å². The third-order valence-corrected chi connectivity index (χ3v) is 2.12. The van der Waals surface area contributed by atoms with Crippen LogP contribution in [0.4, 0.5) is 0 Å². The first-order chi connectivity index (χ1) is 6.83. The molecule has 0 fully saturated rings. The molecule has 0 spiro atoms. The molecule has 0 aliphatic heterocycles. The minimum absolute atomic E-state index is 0.391. The van der Waals surface area contributed by atoms with Gasteiger partial charge in [0.1, 0.15) is 12.6 Å². The highest BCUT2D eigenvalue weighted by molar-refractivity contribution is 5.92. The Morgan fingerprint density at radius 3 is 1.93 bits per heavy atom. The van der Waals surface area contributed by atoms with Crippen LogP contribution in [0.1, 0.15) is 17.5 Å². The number of aldehydes is 2. The Kier molecular flexibility index (Phi) is 2.14. The number of fused-ring (bicyclic) bond motifs is 1. The Morgan fingerprint density at radius 2 is 1.50 bits per heavy atom. The Labute approximate surface area is 80.7 Å². The van der Waals surface area contributed by atoms with Gasteiger partial charge in [0, 0.05) is 17.5 Å². The standard InChI is InChI=1S/C11H8O3/c12-4-8-1-9(5-13)3-11-7-14-6-10(11)2-8/h2-7H,1H2. The maximum Gasteiger partial charge on any atom is 0.146 e. The Bertz CT molecular complexity index is 397. The second-order valence-electron chi connectivity index (χ2n) is 3.13. The molecule has 0 aromatic carbocycles. The largest absolute Gasteiger partial charge is 0.471 e. The molecule has 1 aromatic heterocycles. The van der Waals surface area contributed by atoms with E-state index in [0.29, 0.717) is 17.6 Å². The second-order valence-corrected chi connectivity index (χ2v) is 3.13. The van der Waals surface area contributed by atoms with E-state index in [1.807, 2.05) is 0 Å². The van der Waals surface area contributed by atoms with E-state index in [2.05, 4.69) is 0 Å². The fourth-order valence-electron chi connectivity index (χ4n) is 1.44. The molecule has 0 amide bonds. The van der Waals surface area contributed by atoms with Gasteiger partial charge in [0.2, 0.25) is 0 Å². The molecular formula is C11H8O3. The van der Waals surface area contributed by atoms with Gasteiger partial charge >= 0.3 is 0 Å². The summed E-state index contributed by atoms with van der Waals surface area (Å²) in [5.41, 5.74) is 2.85. The Balaban J connectivity index is 2.55. The van der Waals surface area contributed by atoms with Gasteiger partial charge in [0.05, 0.1) is 12.5 Å². The lowest BCUT2D eigenvalue weighted by Crippen LogP contribution is -1.88. The zero-order valence-electron chi connectivity index (χ0n) is 7.40. The molecule has 1 aromatic rings. The van der Waals surface area contributed by atoms with E-state index in [1.165, 1.54) is 0 Å². The molecule has 0 unspecified atom stereocenters. The van der Waals surface area contributed by atoms with Gasteiger partial charge in [-0.25, -0.2) is 0 Å². The summed E-state index contributed by atoms with van der Waals surface area (Å²) in [7, 11) is 0. The number of furan rings is 1. The van der Waals surface area contributed by atoms with Crippen LogP contribution in [0.25, 0.3) is 12.2 Å². The third kappa shape index (κ3) is 1.44. The zero-order chi connectivity index (χ0) is 9.97. The number of rotatable bonds is 2. The van der Waals surface area contributed by atoms with Gasteiger partial charge in [-0.3, -0.25) is 9.59 Å². The van der Waals surface area contributed by atoms with Crippen LogP contribution < -0.4 is 0 Å². The molecule has 0 saturated heterocycles. The number of carbonyl (C=O) groups excluding carboxylic acids is 2. The molecule has 1 aliphatic rings. The monoisotopic (exact) mass is 188 g/mol. The maximum atomic E-state index is 10.7. The fraction of sp³-hybridized carbons (Fsp3) is 0.0909. The number of carbonyl (C=O) groups is 2. The van der Waals surface area contributed by atoms with Gasteiger partial charge in [-0.15, -0.1) is 0 Å². The van der Waals surface area contributed by atoms with Crippen molar-refractivity contribution in [3.63, 3.8) is 0 Å².